The van der Waals surface area contributed by atoms with Gasteiger partial charge in [0.05, 0.1) is 5.56 Å². The summed E-state index contributed by atoms with van der Waals surface area (Å²) in [5.41, 5.74) is 6.17. The smallest absolute Gasteiger partial charge is 0.224 e. The van der Waals surface area contributed by atoms with E-state index in [4.69, 9.17) is 11.1 Å². The highest BCUT2D eigenvalue weighted by molar-refractivity contribution is 9.18. The zero-order valence-corrected chi connectivity index (χ0v) is 10.1. The summed E-state index contributed by atoms with van der Waals surface area (Å²) in [6.45, 7) is 2.95. The number of nitrogens with one attached hydrogen (secondary N) is 2. The molecule has 82 valence electrons. The molecule has 1 aromatic heterocycles. The van der Waals surface area contributed by atoms with Gasteiger partial charge in [0.25, 0.3) is 0 Å². The first-order valence-electron chi connectivity index (χ1n) is 4.76. The highest BCUT2D eigenvalue weighted by Gasteiger charge is 2.06. The topological polar surface area (TPSA) is 87.7 Å². The number of hydrogen-bond donors (Lipinski definition) is 3. The summed E-state index contributed by atoms with van der Waals surface area (Å²) in [6.07, 6.45) is 3.72. The van der Waals surface area contributed by atoms with Crippen LogP contribution in [0.2, 0.25) is 0 Å². The van der Waals surface area contributed by atoms with Crippen LogP contribution in [-0.2, 0) is 0 Å². The average molecular weight is 272 g/mol. The van der Waals surface area contributed by atoms with E-state index in [-0.39, 0.29) is 4.62 Å². The molecule has 0 aliphatic carbocycles. The van der Waals surface area contributed by atoms with Gasteiger partial charge in [-0.15, -0.1) is 0 Å². The summed E-state index contributed by atoms with van der Waals surface area (Å²) >= 11 is 3.02. The van der Waals surface area contributed by atoms with Gasteiger partial charge in [0.2, 0.25) is 5.95 Å². The van der Waals surface area contributed by atoms with E-state index in [1.165, 1.54) is 6.20 Å². The van der Waals surface area contributed by atoms with Crippen molar-refractivity contribution in [2.45, 2.75) is 19.8 Å². The van der Waals surface area contributed by atoms with Gasteiger partial charge in [-0.05, 0) is 22.4 Å². The van der Waals surface area contributed by atoms with Crippen LogP contribution in [0.15, 0.2) is 6.20 Å². The maximum absolute atomic E-state index is 7.35. The molecule has 0 radical (unpaired) electrons. The SMILES string of the molecule is CCCCNc1ncc(C(=N)Br)c(N)n1. The minimum absolute atomic E-state index is 0.195. The molecule has 0 aliphatic rings. The second kappa shape index (κ2) is 5.65. The molecule has 0 saturated carbocycles. The van der Waals surface area contributed by atoms with Crippen LogP contribution in [0.3, 0.4) is 0 Å². The van der Waals surface area contributed by atoms with Crippen LogP contribution in [0.4, 0.5) is 11.8 Å². The molecule has 1 heterocycles. The molecule has 0 bridgehead atoms. The predicted molar refractivity (Wildman–Crippen MR) is 65.6 cm³/mol. The molecular formula is C9H14BrN5. The zero-order valence-electron chi connectivity index (χ0n) is 8.55. The molecule has 0 saturated heterocycles. The molecule has 1 aromatic rings. The van der Waals surface area contributed by atoms with Crippen molar-refractivity contribution in [1.82, 2.24) is 9.97 Å². The number of halogens is 1. The summed E-state index contributed by atoms with van der Waals surface area (Å²) in [5, 5.41) is 10.4. The van der Waals surface area contributed by atoms with Crippen molar-refractivity contribution in [1.29, 1.82) is 5.41 Å². The van der Waals surface area contributed by atoms with Crippen LogP contribution in [0.5, 0.6) is 0 Å². The Bertz CT molecular complexity index is 352. The number of aromatic nitrogens is 2. The summed E-state index contributed by atoms with van der Waals surface area (Å²) in [5.74, 6) is 0.823. The Morgan fingerprint density at radius 3 is 2.93 bits per heavy atom. The lowest BCUT2D eigenvalue weighted by molar-refractivity contribution is 0.826. The second-order valence-electron chi connectivity index (χ2n) is 3.09. The number of nitrogens with two attached hydrogens (primary N) is 1. The lowest BCUT2D eigenvalue weighted by Gasteiger charge is -2.06. The molecule has 0 unspecified atom stereocenters. The minimum atomic E-state index is 0.195. The maximum Gasteiger partial charge on any atom is 0.224 e. The van der Waals surface area contributed by atoms with Gasteiger partial charge in [0, 0.05) is 12.7 Å². The zero-order chi connectivity index (χ0) is 11.3. The normalized spacial score (nSPS) is 10.0. The van der Waals surface area contributed by atoms with E-state index in [9.17, 15) is 0 Å². The fraction of sp³-hybridized carbons (Fsp3) is 0.444. The van der Waals surface area contributed by atoms with Crippen LogP contribution in [0.1, 0.15) is 25.3 Å². The van der Waals surface area contributed by atoms with Crippen LogP contribution in [-0.4, -0.2) is 21.1 Å². The van der Waals surface area contributed by atoms with Crippen molar-refractivity contribution >= 4 is 32.3 Å². The first kappa shape index (κ1) is 11.9. The Balaban J connectivity index is 2.69. The summed E-state index contributed by atoms with van der Waals surface area (Å²) in [6, 6.07) is 0. The van der Waals surface area contributed by atoms with E-state index in [1.54, 1.807) is 0 Å². The third-order valence-corrected chi connectivity index (χ3v) is 2.30. The van der Waals surface area contributed by atoms with Gasteiger partial charge in [-0.2, -0.15) is 4.98 Å². The molecule has 6 heteroatoms. The maximum atomic E-state index is 7.35. The first-order chi connectivity index (χ1) is 7.15. The molecule has 4 N–H and O–H groups in total. The molecule has 0 atom stereocenters. The molecule has 0 spiro atoms. The Labute approximate surface area is 97.1 Å². The summed E-state index contributed by atoms with van der Waals surface area (Å²) in [4.78, 5) is 8.11. The number of nitrogens with zero attached hydrogens (tertiary/aromatic N) is 2. The Morgan fingerprint density at radius 1 is 1.67 bits per heavy atom. The fourth-order valence-electron chi connectivity index (χ4n) is 1.03. The number of anilines is 2. The van der Waals surface area contributed by atoms with E-state index in [0.717, 1.165) is 19.4 Å². The summed E-state index contributed by atoms with van der Waals surface area (Å²) in [7, 11) is 0. The lowest BCUT2D eigenvalue weighted by Crippen LogP contribution is -2.09. The van der Waals surface area contributed by atoms with Crippen LogP contribution in [0.25, 0.3) is 0 Å². The quantitative estimate of drug-likeness (QED) is 0.565. The van der Waals surface area contributed by atoms with Gasteiger partial charge in [0.15, 0.2) is 0 Å². The van der Waals surface area contributed by atoms with Crippen molar-refractivity contribution in [3.05, 3.63) is 11.8 Å². The van der Waals surface area contributed by atoms with Gasteiger partial charge >= 0.3 is 0 Å². The first-order valence-corrected chi connectivity index (χ1v) is 5.55. The van der Waals surface area contributed by atoms with Crippen LogP contribution in [0, 0.1) is 5.41 Å². The van der Waals surface area contributed by atoms with Gasteiger partial charge in [-0.3, -0.25) is 5.41 Å². The van der Waals surface area contributed by atoms with Crippen molar-refractivity contribution in [2.24, 2.45) is 0 Å². The average Bonchev–Trinajstić information content (AvgIpc) is 2.17. The molecule has 1 rings (SSSR count). The molecular weight excluding hydrogens is 258 g/mol. The summed E-state index contributed by atoms with van der Waals surface area (Å²) < 4.78 is 0.195. The van der Waals surface area contributed by atoms with E-state index in [0.29, 0.717) is 17.3 Å². The Morgan fingerprint density at radius 2 is 2.40 bits per heavy atom. The van der Waals surface area contributed by atoms with Crippen molar-refractivity contribution in [3.8, 4) is 0 Å². The molecule has 15 heavy (non-hydrogen) atoms. The third-order valence-electron chi connectivity index (χ3n) is 1.87. The molecule has 0 aromatic carbocycles. The van der Waals surface area contributed by atoms with Crippen molar-refractivity contribution in [3.63, 3.8) is 0 Å². The molecule has 0 aliphatic heterocycles. The molecule has 0 amide bonds. The van der Waals surface area contributed by atoms with Crippen molar-refractivity contribution in [2.75, 3.05) is 17.6 Å². The van der Waals surface area contributed by atoms with E-state index in [1.807, 2.05) is 0 Å². The lowest BCUT2D eigenvalue weighted by atomic mass is 10.3. The number of unbranched alkanes of at least 4 members (excludes halogenated alkanes) is 1. The number of nitrogen functional groups attached to an aromatic ring is 1. The van der Waals surface area contributed by atoms with E-state index < -0.39 is 0 Å². The second-order valence-corrected chi connectivity index (χ2v) is 3.88. The van der Waals surface area contributed by atoms with Gasteiger partial charge in [-0.1, -0.05) is 13.3 Å². The molecule has 0 fully saturated rings. The van der Waals surface area contributed by atoms with Gasteiger partial charge in [0.1, 0.15) is 10.4 Å². The largest absolute Gasteiger partial charge is 0.383 e. The highest BCUT2D eigenvalue weighted by Crippen LogP contribution is 2.13. The van der Waals surface area contributed by atoms with E-state index >= 15 is 0 Å². The predicted octanol–water partition coefficient (Wildman–Crippen LogP) is 1.99. The van der Waals surface area contributed by atoms with Gasteiger partial charge in [-0.25, -0.2) is 4.98 Å². The Kier molecular flexibility index (Phi) is 4.48. The highest BCUT2D eigenvalue weighted by atomic mass is 79.9. The fourth-order valence-corrected chi connectivity index (χ4v) is 1.33. The Hall–Kier alpha value is -1.17. The van der Waals surface area contributed by atoms with Crippen LogP contribution < -0.4 is 11.1 Å². The third kappa shape index (κ3) is 3.47. The van der Waals surface area contributed by atoms with Crippen LogP contribution >= 0.6 is 15.9 Å². The van der Waals surface area contributed by atoms with Crippen molar-refractivity contribution < 1.29 is 0 Å². The number of rotatable bonds is 5. The molecule has 5 nitrogen and oxygen atoms in total. The number of hydrogen-bond acceptors (Lipinski definition) is 5. The monoisotopic (exact) mass is 271 g/mol. The van der Waals surface area contributed by atoms with Gasteiger partial charge < -0.3 is 11.1 Å². The minimum Gasteiger partial charge on any atom is -0.383 e. The standard InChI is InChI=1S/C9H14BrN5/c1-2-3-4-13-9-14-5-6(7(10)11)8(12)15-9/h5,11H,2-4H2,1H3,(H3,12,13,14,15). The van der Waals surface area contributed by atoms with E-state index in [2.05, 4.69) is 38.1 Å².